The van der Waals surface area contributed by atoms with Gasteiger partial charge in [-0.05, 0) is 23.8 Å². The van der Waals surface area contributed by atoms with Crippen LogP contribution in [-0.4, -0.2) is 28.6 Å². The van der Waals surface area contributed by atoms with Crippen molar-refractivity contribution in [1.82, 2.24) is 5.32 Å². The molecule has 2 aromatic rings. The highest BCUT2D eigenvalue weighted by Gasteiger charge is 2.20. The predicted octanol–water partition coefficient (Wildman–Crippen LogP) is 1.99. The Balaban J connectivity index is 2.06. The van der Waals surface area contributed by atoms with E-state index < -0.39 is 17.8 Å². The summed E-state index contributed by atoms with van der Waals surface area (Å²) in [4.78, 5) is 23.3. The van der Waals surface area contributed by atoms with E-state index in [1.165, 1.54) is 12.1 Å². The van der Waals surface area contributed by atoms with Crippen LogP contribution in [0.2, 0.25) is 0 Å². The molecule has 0 aromatic heterocycles. The Morgan fingerprint density at radius 2 is 1.76 bits per heavy atom. The molecule has 5 heteroatoms. The zero-order valence-electron chi connectivity index (χ0n) is 11.2. The van der Waals surface area contributed by atoms with Crippen molar-refractivity contribution in [3.63, 3.8) is 0 Å². The molecule has 0 aliphatic carbocycles. The largest absolute Gasteiger partial charge is 0.508 e. The molecule has 2 aromatic carbocycles. The first-order valence-electron chi connectivity index (χ1n) is 6.43. The molecule has 5 nitrogen and oxygen atoms in total. The van der Waals surface area contributed by atoms with Crippen LogP contribution in [0.3, 0.4) is 0 Å². The van der Waals surface area contributed by atoms with E-state index >= 15 is 0 Å². The Labute approximate surface area is 121 Å². The van der Waals surface area contributed by atoms with Crippen LogP contribution >= 0.6 is 0 Å². The van der Waals surface area contributed by atoms with Crippen LogP contribution in [0.25, 0.3) is 0 Å². The summed E-state index contributed by atoms with van der Waals surface area (Å²) in [5, 5.41) is 21.2. The van der Waals surface area contributed by atoms with Crippen molar-refractivity contribution in [3.8, 4) is 5.75 Å². The molecule has 21 heavy (non-hydrogen) atoms. The normalized spacial score (nSPS) is 11.6. The summed E-state index contributed by atoms with van der Waals surface area (Å²) in [5.41, 5.74) is 0.911. The van der Waals surface area contributed by atoms with Gasteiger partial charge in [0.2, 0.25) is 0 Å². The zero-order chi connectivity index (χ0) is 15.2. The van der Waals surface area contributed by atoms with Crippen LogP contribution in [0.4, 0.5) is 0 Å². The van der Waals surface area contributed by atoms with Gasteiger partial charge in [0.25, 0.3) is 5.91 Å². The minimum absolute atomic E-state index is 0.0134. The summed E-state index contributed by atoms with van der Waals surface area (Å²) in [6.45, 7) is -0.0200. The fourth-order valence-electron chi connectivity index (χ4n) is 1.98. The fourth-order valence-corrected chi connectivity index (χ4v) is 1.98. The number of hydrogen-bond acceptors (Lipinski definition) is 3. The number of carbonyl (C=O) groups excluding carboxylic acids is 1. The first-order valence-corrected chi connectivity index (χ1v) is 6.43. The molecule has 0 saturated heterocycles. The Kier molecular flexibility index (Phi) is 4.56. The fraction of sp³-hybridized carbons (Fsp3) is 0.125. The van der Waals surface area contributed by atoms with Crippen molar-refractivity contribution < 1.29 is 19.8 Å². The van der Waals surface area contributed by atoms with Gasteiger partial charge in [-0.3, -0.25) is 9.59 Å². The molecule has 1 amide bonds. The van der Waals surface area contributed by atoms with Gasteiger partial charge < -0.3 is 15.5 Å². The Hall–Kier alpha value is -2.82. The van der Waals surface area contributed by atoms with Gasteiger partial charge in [0.05, 0.1) is 5.92 Å². The average molecular weight is 285 g/mol. The second-order valence-corrected chi connectivity index (χ2v) is 4.56. The standard InChI is InChI=1S/C16H15NO4/c18-13-8-4-7-12(9-13)15(19)17-10-14(16(20)21)11-5-2-1-3-6-11/h1-9,14,18H,10H2,(H,17,19)(H,20,21). The van der Waals surface area contributed by atoms with Gasteiger partial charge in [0.1, 0.15) is 5.75 Å². The van der Waals surface area contributed by atoms with Gasteiger partial charge in [-0.2, -0.15) is 0 Å². The third-order valence-corrected chi connectivity index (χ3v) is 3.08. The maximum atomic E-state index is 11.9. The van der Waals surface area contributed by atoms with Crippen molar-refractivity contribution in [2.45, 2.75) is 5.92 Å². The van der Waals surface area contributed by atoms with Crippen LogP contribution in [-0.2, 0) is 4.79 Å². The number of carbonyl (C=O) groups is 2. The lowest BCUT2D eigenvalue weighted by Gasteiger charge is -2.14. The summed E-state index contributed by atoms with van der Waals surface area (Å²) >= 11 is 0. The second kappa shape index (κ2) is 6.56. The summed E-state index contributed by atoms with van der Waals surface area (Å²) in [7, 11) is 0. The SMILES string of the molecule is O=C(NCC(C(=O)O)c1ccccc1)c1cccc(O)c1. The van der Waals surface area contributed by atoms with Gasteiger partial charge >= 0.3 is 5.97 Å². The number of phenolic OH excluding ortho intramolecular Hbond substituents is 1. The molecular formula is C16H15NO4. The van der Waals surface area contributed by atoms with E-state index in [2.05, 4.69) is 5.32 Å². The highest BCUT2D eigenvalue weighted by Crippen LogP contribution is 2.15. The topological polar surface area (TPSA) is 86.6 Å². The number of aliphatic carboxylic acids is 1. The Bertz CT molecular complexity index is 640. The van der Waals surface area contributed by atoms with E-state index in [9.17, 15) is 19.8 Å². The number of aromatic hydroxyl groups is 1. The second-order valence-electron chi connectivity index (χ2n) is 4.56. The van der Waals surface area contributed by atoms with E-state index in [0.29, 0.717) is 5.56 Å². The van der Waals surface area contributed by atoms with Crippen molar-refractivity contribution in [3.05, 3.63) is 65.7 Å². The van der Waals surface area contributed by atoms with Gasteiger partial charge in [0.15, 0.2) is 0 Å². The molecule has 0 spiro atoms. The Morgan fingerprint density at radius 3 is 2.38 bits per heavy atom. The molecule has 0 aliphatic heterocycles. The summed E-state index contributed by atoms with van der Waals surface area (Å²) < 4.78 is 0. The van der Waals surface area contributed by atoms with Gasteiger partial charge in [0, 0.05) is 12.1 Å². The predicted molar refractivity (Wildman–Crippen MR) is 77.3 cm³/mol. The first-order chi connectivity index (χ1) is 10.1. The molecular weight excluding hydrogens is 270 g/mol. The highest BCUT2D eigenvalue weighted by atomic mass is 16.4. The van der Waals surface area contributed by atoms with Gasteiger partial charge in [-0.25, -0.2) is 0 Å². The van der Waals surface area contributed by atoms with Crippen molar-refractivity contribution in [2.75, 3.05) is 6.54 Å². The van der Waals surface area contributed by atoms with Crippen LogP contribution in [0.1, 0.15) is 21.8 Å². The molecule has 0 heterocycles. The summed E-state index contributed by atoms with van der Waals surface area (Å²) in [6, 6.07) is 14.6. The van der Waals surface area contributed by atoms with E-state index in [4.69, 9.17) is 0 Å². The van der Waals surface area contributed by atoms with Crippen molar-refractivity contribution in [1.29, 1.82) is 0 Å². The third kappa shape index (κ3) is 3.82. The lowest BCUT2D eigenvalue weighted by Crippen LogP contribution is -2.31. The lowest BCUT2D eigenvalue weighted by atomic mass is 9.99. The van der Waals surface area contributed by atoms with Crippen LogP contribution in [0, 0.1) is 0 Å². The zero-order valence-corrected chi connectivity index (χ0v) is 11.2. The minimum Gasteiger partial charge on any atom is -0.508 e. The quantitative estimate of drug-likeness (QED) is 0.784. The van der Waals surface area contributed by atoms with E-state index in [1.807, 2.05) is 0 Å². The highest BCUT2D eigenvalue weighted by molar-refractivity contribution is 5.94. The van der Waals surface area contributed by atoms with E-state index in [1.54, 1.807) is 42.5 Å². The Morgan fingerprint density at radius 1 is 1.05 bits per heavy atom. The number of carboxylic acids is 1. The number of amides is 1. The third-order valence-electron chi connectivity index (χ3n) is 3.08. The van der Waals surface area contributed by atoms with Crippen LogP contribution in [0.5, 0.6) is 5.75 Å². The molecule has 0 aliphatic rings. The number of hydrogen-bond donors (Lipinski definition) is 3. The number of rotatable bonds is 5. The van der Waals surface area contributed by atoms with E-state index in [0.717, 1.165) is 0 Å². The molecule has 0 bridgehead atoms. The summed E-state index contributed by atoms with van der Waals surface area (Å²) in [5.74, 6) is -2.25. The molecule has 3 N–H and O–H groups in total. The van der Waals surface area contributed by atoms with Crippen LogP contribution < -0.4 is 5.32 Å². The molecule has 1 unspecified atom stereocenters. The molecule has 0 fully saturated rings. The van der Waals surface area contributed by atoms with Gasteiger partial charge in [-0.1, -0.05) is 36.4 Å². The number of carboxylic acid groups (broad SMARTS) is 1. The summed E-state index contributed by atoms with van der Waals surface area (Å²) in [6.07, 6.45) is 0. The molecule has 0 saturated carbocycles. The maximum Gasteiger partial charge on any atom is 0.312 e. The van der Waals surface area contributed by atoms with Gasteiger partial charge in [-0.15, -0.1) is 0 Å². The molecule has 1 atom stereocenters. The number of benzene rings is 2. The lowest BCUT2D eigenvalue weighted by molar-refractivity contribution is -0.138. The molecule has 108 valence electrons. The smallest absolute Gasteiger partial charge is 0.312 e. The van der Waals surface area contributed by atoms with Crippen LogP contribution in [0.15, 0.2) is 54.6 Å². The van der Waals surface area contributed by atoms with Crippen molar-refractivity contribution in [2.24, 2.45) is 0 Å². The molecule has 2 rings (SSSR count). The maximum absolute atomic E-state index is 11.9. The van der Waals surface area contributed by atoms with Crippen molar-refractivity contribution >= 4 is 11.9 Å². The number of nitrogens with one attached hydrogen (secondary N) is 1. The van der Waals surface area contributed by atoms with E-state index in [-0.39, 0.29) is 17.9 Å². The molecule has 0 radical (unpaired) electrons. The monoisotopic (exact) mass is 285 g/mol. The minimum atomic E-state index is -1.00. The first kappa shape index (κ1) is 14.6. The number of phenols is 1. The average Bonchev–Trinajstić information content (AvgIpc) is 2.48.